The highest BCUT2D eigenvalue weighted by molar-refractivity contribution is 9.10. The van der Waals surface area contributed by atoms with Crippen molar-refractivity contribution in [2.75, 3.05) is 6.61 Å². The number of carbonyl (C=O) groups is 2. The number of nitrogens with one attached hydrogen (secondary N) is 1. The van der Waals surface area contributed by atoms with Crippen LogP contribution in [0.5, 0.6) is 0 Å². The molecule has 1 aromatic carbocycles. The summed E-state index contributed by atoms with van der Waals surface area (Å²) in [6.45, 7) is -0.620. The monoisotopic (exact) mass is 417 g/mol. The standard InChI is InChI=1S/C18H16BrN3O4/c19-13-6-7-16-20-14(9-22(16)8-13)11-26-18(25)15(10-23)21-17(24)12-4-2-1-3-5-12/h1-9,15,23H,10-11H2,(H,21,24)/t15-/m1/s1. The Morgan fingerprint density at radius 3 is 2.69 bits per heavy atom. The fourth-order valence-corrected chi connectivity index (χ4v) is 2.70. The van der Waals surface area contributed by atoms with Crippen LogP contribution in [0.25, 0.3) is 5.65 Å². The molecule has 2 N–H and O–H groups in total. The van der Waals surface area contributed by atoms with Gasteiger partial charge in [0, 0.05) is 22.4 Å². The van der Waals surface area contributed by atoms with E-state index in [4.69, 9.17) is 4.74 Å². The molecule has 3 rings (SSSR count). The number of nitrogens with zero attached hydrogens (tertiary/aromatic N) is 2. The maximum Gasteiger partial charge on any atom is 0.331 e. The summed E-state index contributed by atoms with van der Waals surface area (Å²) < 4.78 is 7.87. The molecule has 0 saturated carbocycles. The van der Waals surface area contributed by atoms with E-state index in [9.17, 15) is 14.7 Å². The number of imidazole rings is 1. The number of hydrogen-bond donors (Lipinski definition) is 2. The minimum Gasteiger partial charge on any atom is -0.458 e. The van der Waals surface area contributed by atoms with E-state index >= 15 is 0 Å². The van der Waals surface area contributed by atoms with E-state index in [0.717, 1.165) is 10.1 Å². The quantitative estimate of drug-likeness (QED) is 0.597. The Morgan fingerprint density at radius 2 is 1.96 bits per heavy atom. The number of hydrogen-bond acceptors (Lipinski definition) is 5. The Labute approximate surface area is 157 Å². The summed E-state index contributed by atoms with van der Waals surface area (Å²) in [5.74, 6) is -1.19. The van der Waals surface area contributed by atoms with E-state index in [1.807, 2.05) is 18.3 Å². The topological polar surface area (TPSA) is 92.9 Å². The van der Waals surface area contributed by atoms with Gasteiger partial charge in [0.15, 0.2) is 6.04 Å². The maximum absolute atomic E-state index is 12.1. The highest BCUT2D eigenvalue weighted by Gasteiger charge is 2.22. The van der Waals surface area contributed by atoms with Crippen LogP contribution in [-0.2, 0) is 16.1 Å². The van der Waals surface area contributed by atoms with Crippen molar-refractivity contribution >= 4 is 33.5 Å². The second-order valence-electron chi connectivity index (χ2n) is 5.53. The smallest absolute Gasteiger partial charge is 0.331 e. The summed E-state index contributed by atoms with van der Waals surface area (Å²) in [6.07, 6.45) is 3.58. The van der Waals surface area contributed by atoms with Crippen molar-refractivity contribution in [1.82, 2.24) is 14.7 Å². The molecule has 8 heteroatoms. The van der Waals surface area contributed by atoms with Crippen molar-refractivity contribution in [3.8, 4) is 0 Å². The lowest BCUT2D eigenvalue weighted by Gasteiger charge is -2.15. The molecule has 26 heavy (non-hydrogen) atoms. The van der Waals surface area contributed by atoms with Crippen molar-refractivity contribution in [3.05, 3.63) is 70.6 Å². The van der Waals surface area contributed by atoms with Crippen molar-refractivity contribution in [3.63, 3.8) is 0 Å². The molecule has 3 aromatic rings. The Balaban J connectivity index is 1.60. The van der Waals surface area contributed by atoms with Gasteiger partial charge in [-0.1, -0.05) is 18.2 Å². The Kier molecular flexibility index (Phi) is 5.65. The minimum absolute atomic E-state index is 0.0597. The third-order valence-electron chi connectivity index (χ3n) is 3.64. The third kappa shape index (κ3) is 4.27. The average Bonchev–Trinajstić information content (AvgIpc) is 3.06. The SMILES string of the molecule is O=C(N[C@H](CO)C(=O)OCc1cn2cc(Br)ccc2n1)c1ccccc1. The summed E-state index contributed by atoms with van der Waals surface area (Å²) in [5.41, 5.74) is 1.67. The average molecular weight is 418 g/mol. The second-order valence-corrected chi connectivity index (χ2v) is 6.44. The summed E-state index contributed by atoms with van der Waals surface area (Å²) in [6, 6.07) is 11.0. The molecular weight excluding hydrogens is 402 g/mol. The molecule has 0 bridgehead atoms. The lowest BCUT2D eigenvalue weighted by atomic mass is 10.2. The molecule has 0 aliphatic heterocycles. The number of esters is 1. The number of halogens is 1. The molecule has 0 spiro atoms. The lowest BCUT2D eigenvalue weighted by Crippen LogP contribution is -2.44. The first-order valence-electron chi connectivity index (χ1n) is 7.83. The number of carbonyl (C=O) groups excluding carboxylic acids is 2. The van der Waals surface area contributed by atoms with Crippen LogP contribution in [0.3, 0.4) is 0 Å². The maximum atomic E-state index is 12.1. The molecule has 0 saturated heterocycles. The van der Waals surface area contributed by atoms with Crippen LogP contribution in [-0.4, -0.2) is 39.0 Å². The molecule has 0 radical (unpaired) electrons. The van der Waals surface area contributed by atoms with Gasteiger partial charge in [0.05, 0.1) is 12.3 Å². The zero-order valence-electron chi connectivity index (χ0n) is 13.6. The number of pyridine rings is 1. The first-order valence-corrected chi connectivity index (χ1v) is 8.62. The van der Waals surface area contributed by atoms with Gasteiger partial charge in [-0.15, -0.1) is 0 Å². The number of benzene rings is 1. The van der Waals surface area contributed by atoms with Gasteiger partial charge in [0.1, 0.15) is 12.3 Å². The fraction of sp³-hybridized carbons (Fsp3) is 0.167. The largest absolute Gasteiger partial charge is 0.458 e. The van der Waals surface area contributed by atoms with Crippen LogP contribution in [0.2, 0.25) is 0 Å². The molecule has 7 nitrogen and oxygen atoms in total. The lowest BCUT2D eigenvalue weighted by molar-refractivity contribution is -0.148. The van der Waals surface area contributed by atoms with Crippen LogP contribution in [0.1, 0.15) is 16.1 Å². The van der Waals surface area contributed by atoms with Crippen molar-refractivity contribution in [1.29, 1.82) is 0 Å². The predicted molar refractivity (Wildman–Crippen MR) is 97.5 cm³/mol. The summed E-state index contributed by atoms with van der Waals surface area (Å²) >= 11 is 3.37. The number of aromatic nitrogens is 2. The highest BCUT2D eigenvalue weighted by atomic mass is 79.9. The normalized spacial score (nSPS) is 11.9. The van der Waals surface area contributed by atoms with E-state index in [1.54, 1.807) is 40.9 Å². The Hall–Kier alpha value is -2.71. The first kappa shape index (κ1) is 18.1. The van der Waals surface area contributed by atoms with E-state index < -0.39 is 24.5 Å². The molecule has 0 aliphatic carbocycles. The second kappa shape index (κ2) is 8.11. The number of rotatable bonds is 6. The molecule has 0 fully saturated rings. The van der Waals surface area contributed by atoms with E-state index in [0.29, 0.717) is 11.3 Å². The summed E-state index contributed by atoms with van der Waals surface area (Å²) in [4.78, 5) is 28.6. The number of aliphatic hydroxyl groups excluding tert-OH is 1. The van der Waals surface area contributed by atoms with Gasteiger partial charge >= 0.3 is 5.97 Å². The molecular formula is C18H16BrN3O4. The Bertz CT molecular complexity index is 927. The number of amides is 1. The molecule has 0 aliphatic rings. The van der Waals surface area contributed by atoms with Gasteiger partial charge in [-0.25, -0.2) is 9.78 Å². The summed E-state index contributed by atoms with van der Waals surface area (Å²) in [7, 11) is 0. The minimum atomic E-state index is -1.14. The zero-order chi connectivity index (χ0) is 18.5. The van der Waals surface area contributed by atoms with Gasteiger partial charge in [-0.2, -0.15) is 0 Å². The van der Waals surface area contributed by atoms with Crippen LogP contribution in [0, 0.1) is 0 Å². The van der Waals surface area contributed by atoms with Gasteiger partial charge in [0.25, 0.3) is 5.91 Å². The van der Waals surface area contributed by atoms with Crippen molar-refractivity contribution in [2.24, 2.45) is 0 Å². The predicted octanol–water partition coefficient (Wildman–Crippen LogP) is 1.93. The van der Waals surface area contributed by atoms with Crippen LogP contribution >= 0.6 is 15.9 Å². The molecule has 2 heterocycles. The molecule has 134 valence electrons. The van der Waals surface area contributed by atoms with Gasteiger partial charge in [0.2, 0.25) is 0 Å². The molecule has 1 atom stereocenters. The third-order valence-corrected chi connectivity index (χ3v) is 4.10. The molecule has 0 unspecified atom stereocenters. The van der Waals surface area contributed by atoms with Crippen molar-refractivity contribution in [2.45, 2.75) is 12.6 Å². The number of aliphatic hydroxyl groups is 1. The van der Waals surface area contributed by atoms with Crippen molar-refractivity contribution < 1.29 is 19.4 Å². The Morgan fingerprint density at radius 1 is 1.19 bits per heavy atom. The van der Waals surface area contributed by atoms with E-state index in [2.05, 4.69) is 26.2 Å². The van der Waals surface area contributed by atoms with Crippen LogP contribution in [0.4, 0.5) is 0 Å². The molecule has 2 aromatic heterocycles. The fourth-order valence-electron chi connectivity index (χ4n) is 2.34. The van der Waals surface area contributed by atoms with Crippen LogP contribution < -0.4 is 5.32 Å². The first-order chi connectivity index (χ1) is 12.6. The number of fused-ring (bicyclic) bond motifs is 1. The van der Waals surface area contributed by atoms with Gasteiger partial charge < -0.3 is 19.6 Å². The van der Waals surface area contributed by atoms with E-state index in [1.165, 1.54) is 0 Å². The zero-order valence-corrected chi connectivity index (χ0v) is 15.2. The highest BCUT2D eigenvalue weighted by Crippen LogP contribution is 2.13. The van der Waals surface area contributed by atoms with Crippen LogP contribution in [0.15, 0.2) is 59.3 Å². The van der Waals surface area contributed by atoms with Gasteiger partial charge in [-0.3, -0.25) is 4.79 Å². The van der Waals surface area contributed by atoms with Gasteiger partial charge in [-0.05, 0) is 40.2 Å². The van der Waals surface area contributed by atoms with E-state index in [-0.39, 0.29) is 6.61 Å². The summed E-state index contributed by atoms with van der Waals surface area (Å²) in [5, 5.41) is 11.9. The number of ether oxygens (including phenoxy) is 1. The molecule has 1 amide bonds.